The van der Waals surface area contributed by atoms with Crippen molar-refractivity contribution in [3.05, 3.63) is 28.5 Å². The van der Waals surface area contributed by atoms with E-state index in [0.29, 0.717) is 5.69 Å². The van der Waals surface area contributed by atoms with Gasteiger partial charge in [-0.3, -0.25) is 14.6 Å². The zero-order chi connectivity index (χ0) is 11.3. The maximum atomic E-state index is 11.3. The average molecular weight is 272 g/mol. The Labute approximate surface area is 95.5 Å². The summed E-state index contributed by atoms with van der Waals surface area (Å²) < 4.78 is 0.851. The van der Waals surface area contributed by atoms with Crippen LogP contribution in [0.25, 0.3) is 0 Å². The highest BCUT2D eigenvalue weighted by atomic mass is 79.9. The predicted molar refractivity (Wildman–Crippen MR) is 57.5 cm³/mol. The van der Waals surface area contributed by atoms with Crippen molar-refractivity contribution in [3.63, 3.8) is 0 Å². The third kappa shape index (κ3) is 4.69. The summed E-state index contributed by atoms with van der Waals surface area (Å²) in [5, 5.41) is 8.39. The summed E-state index contributed by atoms with van der Waals surface area (Å²) in [6.45, 7) is 0. The quantitative estimate of drug-likeness (QED) is 0.887. The number of Topliss-reactive ketones (excluding diaryl/α,β-unsaturated/α-hetero) is 1. The van der Waals surface area contributed by atoms with Crippen molar-refractivity contribution in [3.8, 4) is 0 Å². The van der Waals surface area contributed by atoms with E-state index in [2.05, 4.69) is 20.9 Å². The second-order valence-corrected chi connectivity index (χ2v) is 3.99. The first-order valence-corrected chi connectivity index (χ1v) is 5.21. The van der Waals surface area contributed by atoms with Gasteiger partial charge in [-0.15, -0.1) is 0 Å². The standard InChI is InChI=1S/C10H10BrNO3/c11-7-1-2-8(12-6-7)5-9(13)3-4-10(14)15/h1-2,6H,3-5H2,(H,14,15). The Kier molecular flexibility index (Phi) is 4.42. The SMILES string of the molecule is O=C(O)CCC(=O)Cc1ccc(Br)cn1. The fourth-order valence-corrected chi connectivity index (χ4v) is 1.28. The Morgan fingerprint density at radius 1 is 1.33 bits per heavy atom. The van der Waals surface area contributed by atoms with Crippen molar-refractivity contribution in [1.29, 1.82) is 0 Å². The molecule has 0 saturated heterocycles. The molecule has 0 spiro atoms. The van der Waals surface area contributed by atoms with Gasteiger partial charge in [-0.05, 0) is 28.1 Å². The van der Waals surface area contributed by atoms with Crippen molar-refractivity contribution in [2.24, 2.45) is 0 Å². The van der Waals surface area contributed by atoms with Crippen LogP contribution in [0.2, 0.25) is 0 Å². The topological polar surface area (TPSA) is 67.3 Å². The Morgan fingerprint density at radius 2 is 2.07 bits per heavy atom. The molecule has 0 amide bonds. The maximum absolute atomic E-state index is 11.3. The summed E-state index contributed by atoms with van der Waals surface area (Å²) in [4.78, 5) is 25.5. The van der Waals surface area contributed by atoms with E-state index in [1.54, 1.807) is 18.3 Å². The van der Waals surface area contributed by atoms with Crippen LogP contribution >= 0.6 is 15.9 Å². The number of ketones is 1. The van der Waals surface area contributed by atoms with Gasteiger partial charge in [0.25, 0.3) is 0 Å². The summed E-state index contributed by atoms with van der Waals surface area (Å²) in [6, 6.07) is 3.54. The minimum atomic E-state index is -0.952. The smallest absolute Gasteiger partial charge is 0.303 e. The molecule has 0 aliphatic rings. The number of aliphatic carboxylic acids is 1. The summed E-state index contributed by atoms with van der Waals surface area (Å²) in [7, 11) is 0. The lowest BCUT2D eigenvalue weighted by Crippen LogP contribution is -2.07. The Morgan fingerprint density at radius 3 is 2.60 bits per heavy atom. The third-order valence-corrected chi connectivity index (χ3v) is 2.25. The number of halogens is 1. The molecule has 4 nitrogen and oxygen atoms in total. The van der Waals surface area contributed by atoms with Crippen LogP contribution in [0, 0.1) is 0 Å². The second kappa shape index (κ2) is 5.60. The van der Waals surface area contributed by atoms with Crippen molar-refractivity contribution >= 4 is 27.7 Å². The molecule has 0 aliphatic carbocycles. The zero-order valence-corrected chi connectivity index (χ0v) is 9.53. The number of pyridine rings is 1. The number of nitrogens with zero attached hydrogens (tertiary/aromatic N) is 1. The molecule has 1 aromatic heterocycles. The van der Waals surface area contributed by atoms with Gasteiger partial charge in [-0.1, -0.05) is 0 Å². The van der Waals surface area contributed by atoms with Crippen LogP contribution in [0.5, 0.6) is 0 Å². The zero-order valence-electron chi connectivity index (χ0n) is 7.94. The second-order valence-electron chi connectivity index (χ2n) is 3.08. The van der Waals surface area contributed by atoms with Crippen LogP contribution in [0.4, 0.5) is 0 Å². The molecule has 0 bridgehead atoms. The van der Waals surface area contributed by atoms with Gasteiger partial charge in [0.05, 0.1) is 6.42 Å². The molecule has 0 aromatic carbocycles. The number of hydrogen-bond donors (Lipinski definition) is 1. The van der Waals surface area contributed by atoms with Gasteiger partial charge in [0, 0.05) is 29.2 Å². The molecule has 80 valence electrons. The highest BCUT2D eigenvalue weighted by Gasteiger charge is 2.07. The molecule has 0 radical (unpaired) electrons. The van der Waals surface area contributed by atoms with Crippen molar-refractivity contribution in [2.75, 3.05) is 0 Å². The van der Waals surface area contributed by atoms with Gasteiger partial charge < -0.3 is 5.11 Å². The van der Waals surface area contributed by atoms with Gasteiger partial charge >= 0.3 is 5.97 Å². The molecule has 0 unspecified atom stereocenters. The van der Waals surface area contributed by atoms with E-state index in [9.17, 15) is 9.59 Å². The van der Waals surface area contributed by atoms with Crippen molar-refractivity contribution in [2.45, 2.75) is 19.3 Å². The summed E-state index contributed by atoms with van der Waals surface area (Å²) in [6.07, 6.45) is 1.75. The normalized spacial score (nSPS) is 9.93. The number of hydrogen-bond acceptors (Lipinski definition) is 3. The first-order valence-electron chi connectivity index (χ1n) is 4.42. The van der Waals surface area contributed by atoms with Crippen LogP contribution in [-0.2, 0) is 16.0 Å². The first kappa shape index (κ1) is 11.8. The average Bonchev–Trinajstić information content (AvgIpc) is 2.19. The highest BCUT2D eigenvalue weighted by Crippen LogP contribution is 2.08. The summed E-state index contributed by atoms with van der Waals surface area (Å²) in [5.74, 6) is -1.06. The number of aromatic nitrogens is 1. The molecule has 0 atom stereocenters. The Balaban J connectivity index is 2.44. The lowest BCUT2D eigenvalue weighted by molar-refractivity contribution is -0.138. The van der Waals surface area contributed by atoms with E-state index < -0.39 is 5.97 Å². The predicted octanol–water partition coefficient (Wildman–Crippen LogP) is 1.82. The van der Waals surface area contributed by atoms with E-state index in [-0.39, 0.29) is 25.0 Å². The highest BCUT2D eigenvalue weighted by molar-refractivity contribution is 9.10. The molecule has 1 aromatic rings. The molecular weight excluding hydrogens is 262 g/mol. The van der Waals surface area contributed by atoms with Crippen LogP contribution in [-0.4, -0.2) is 21.8 Å². The van der Waals surface area contributed by atoms with Gasteiger partial charge in [0.15, 0.2) is 0 Å². The first-order chi connectivity index (χ1) is 7.08. The molecule has 1 rings (SSSR count). The number of carboxylic acids is 1. The van der Waals surface area contributed by atoms with E-state index in [4.69, 9.17) is 5.11 Å². The number of carboxylic acid groups (broad SMARTS) is 1. The third-order valence-electron chi connectivity index (χ3n) is 1.78. The van der Waals surface area contributed by atoms with Crippen LogP contribution in [0.1, 0.15) is 18.5 Å². The number of carbonyl (C=O) groups is 2. The molecule has 0 fully saturated rings. The van der Waals surface area contributed by atoms with Crippen LogP contribution < -0.4 is 0 Å². The minimum absolute atomic E-state index is 0.0626. The molecule has 15 heavy (non-hydrogen) atoms. The Bertz CT molecular complexity index is 361. The molecular formula is C10H10BrNO3. The molecule has 5 heteroatoms. The number of carbonyl (C=O) groups excluding carboxylic acids is 1. The molecule has 0 aliphatic heterocycles. The van der Waals surface area contributed by atoms with Gasteiger partial charge in [0.1, 0.15) is 5.78 Å². The fraction of sp³-hybridized carbons (Fsp3) is 0.300. The lowest BCUT2D eigenvalue weighted by Gasteiger charge is -1.99. The van der Waals surface area contributed by atoms with Crippen molar-refractivity contribution < 1.29 is 14.7 Å². The summed E-state index contributed by atoms with van der Waals surface area (Å²) in [5.41, 5.74) is 0.661. The maximum Gasteiger partial charge on any atom is 0.303 e. The summed E-state index contributed by atoms with van der Waals surface area (Å²) >= 11 is 3.24. The van der Waals surface area contributed by atoms with Gasteiger partial charge in [-0.25, -0.2) is 0 Å². The van der Waals surface area contributed by atoms with Crippen molar-refractivity contribution in [1.82, 2.24) is 4.98 Å². The van der Waals surface area contributed by atoms with Crippen LogP contribution in [0.15, 0.2) is 22.8 Å². The molecule has 0 saturated carbocycles. The number of rotatable bonds is 5. The van der Waals surface area contributed by atoms with E-state index in [0.717, 1.165) is 4.47 Å². The largest absolute Gasteiger partial charge is 0.481 e. The lowest BCUT2D eigenvalue weighted by atomic mass is 10.1. The van der Waals surface area contributed by atoms with Gasteiger partial charge in [-0.2, -0.15) is 0 Å². The van der Waals surface area contributed by atoms with E-state index in [1.807, 2.05) is 0 Å². The van der Waals surface area contributed by atoms with E-state index in [1.165, 1.54) is 0 Å². The van der Waals surface area contributed by atoms with Gasteiger partial charge in [0.2, 0.25) is 0 Å². The minimum Gasteiger partial charge on any atom is -0.481 e. The van der Waals surface area contributed by atoms with Crippen LogP contribution in [0.3, 0.4) is 0 Å². The monoisotopic (exact) mass is 271 g/mol. The Hall–Kier alpha value is -1.23. The van der Waals surface area contributed by atoms with E-state index >= 15 is 0 Å². The molecule has 1 heterocycles. The fourth-order valence-electron chi connectivity index (χ4n) is 1.05. The molecule has 1 N–H and O–H groups in total.